The topological polar surface area (TPSA) is 63.4 Å². The Morgan fingerprint density at radius 2 is 2.42 bits per heavy atom. The van der Waals surface area contributed by atoms with Crippen molar-refractivity contribution in [2.45, 2.75) is 38.3 Å². The summed E-state index contributed by atoms with van der Waals surface area (Å²) < 4.78 is 10.3. The van der Waals surface area contributed by atoms with Crippen molar-refractivity contribution in [2.24, 2.45) is 0 Å². The minimum absolute atomic E-state index is 0.332. The van der Waals surface area contributed by atoms with E-state index >= 15 is 0 Å². The van der Waals surface area contributed by atoms with Gasteiger partial charge in [-0.25, -0.2) is 4.79 Å². The first-order chi connectivity index (χ1) is 9.29. The maximum atomic E-state index is 11.3. The van der Waals surface area contributed by atoms with Crippen LogP contribution in [0.5, 0.6) is 0 Å². The van der Waals surface area contributed by atoms with Gasteiger partial charge in [0.25, 0.3) is 0 Å². The van der Waals surface area contributed by atoms with Gasteiger partial charge >= 0.3 is 5.97 Å². The third-order valence-corrected chi connectivity index (χ3v) is 3.38. The van der Waals surface area contributed by atoms with Crippen LogP contribution >= 0.6 is 0 Å². The van der Waals surface area contributed by atoms with Gasteiger partial charge in [-0.1, -0.05) is 0 Å². The Labute approximate surface area is 113 Å². The van der Waals surface area contributed by atoms with Gasteiger partial charge in [0.2, 0.25) is 0 Å². The van der Waals surface area contributed by atoms with Crippen LogP contribution < -0.4 is 5.32 Å². The van der Waals surface area contributed by atoms with Crippen molar-refractivity contribution >= 4 is 5.97 Å². The fraction of sp³-hybridized carbons (Fsp3) is 0.643. The Kier molecular flexibility index (Phi) is 5.42. The Hall–Kier alpha value is -1.33. The number of carbonyl (C=O) groups excluding carboxylic acids is 1. The SMILES string of the molecule is COC(=O)c1ccc(CNCCC2CCCCO2)[nH]1. The standard InChI is InChI=1S/C14H22N2O3/c1-18-14(17)13-6-5-11(16-13)10-15-8-7-12-4-2-3-9-19-12/h5-6,12,15-16H,2-4,7-10H2,1H3. The molecule has 5 heteroatoms. The summed E-state index contributed by atoms with van der Waals surface area (Å²) in [6.45, 7) is 2.56. The number of methoxy groups -OCH3 is 1. The molecule has 0 aliphatic carbocycles. The van der Waals surface area contributed by atoms with Gasteiger partial charge in [-0.2, -0.15) is 0 Å². The molecule has 1 atom stereocenters. The summed E-state index contributed by atoms with van der Waals surface area (Å²) in [5, 5.41) is 3.36. The van der Waals surface area contributed by atoms with Crippen LogP contribution in [0.1, 0.15) is 41.9 Å². The molecule has 1 fully saturated rings. The number of ether oxygens (including phenoxy) is 2. The molecule has 0 bridgehead atoms. The highest BCUT2D eigenvalue weighted by molar-refractivity contribution is 5.87. The van der Waals surface area contributed by atoms with E-state index in [1.165, 1.54) is 26.4 Å². The Balaban J connectivity index is 1.65. The third kappa shape index (κ3) is 4.36. The highest BCUT2D eigenvalue weighted by atomic mass is 16.5. The highest BCUT2D eigenvalue weighted by Gasteiger charge is 2.13. The van der Waals surface area contributed by atoms with E-state index in [1.54, 1.807) is 6.07 Å². The largest absolute Gasteiger partial charge is 0.464 e. The van der Waals surface area contributed by atoms with E-state index < -0.39 is 0 Å². The second-order valence-corrected chi connectivity index (χ2v) is 4.84. The minimum atomic E-state index is -0.332. The maximum absolute atomic E-state index is 11.3. The molecule has 1 saturated heterocycles. The Bertz CT molecular complexity index is 397. The molecule has 19 heavy (non-hydrogen) atoms. The number of rotatable bonds is 6. The number of esters is 1. The first-order valence-electron chi connectivity index (χ1n) is 6.88. The molecular weight excluding hydrogens is 244 g/mol. The smallest absolute Gasteiger partial charge is 0.354 e. The average Bonchev–Trinajstić information content (AvgIpc) is 2.93. The number of carbonyl (C=O) groups is 1. The van der Waals surface area contributed by atoms with Crippen molar-refractivity contribution in [3.05, 3.63) is 23.5 Å². The van der Waals surface area contributed by atoms with Gasteiger partial charge in [-0.05, 0) is 44.4 Å². The number of hydrogen-bond donors (Lipinski definition) is 2. The molecule has 2 heterocycles. The maximum Gasteiger partial charge on any atom is 0.354 e. The van der Waals surface area contributed by atoms with E-state index in [9.17, 15) is 4.79 Å². The lowest BCUT2D eigenvalue weighted by Crippen LogP contribution is -2.25. The summed E-state index contributed by atoms with van der Waals surface area (Å²) in [7, 11) is 1.38. The van der Waals surface area contributed by atoms with E-state index in [0.29, 0.717) is 11.8 Å². The number of hydrogen-bond acceptors (Lipinski definition) is 4. The van der Waals surface area contributed by atoms with Crippen LogP contribution in [0.3, 0.4) is 0 Å². The molecule has 2 rings (SSSR count). The molecule has 0 radical (unpaired) electrons. The summed E-state index contributed by atoms with van der Waals surface area (Å²) in [5.74, 6) is -0.332. The Morgan fingerprint density at radius 3 is 3.16 bits per heavy atom. The number of aromatic nitrogens is 1. The van der Waals surface area contributed by atoms with Crippen molar-refractivity contribution < 1.29 is 14.3 Å². The second kappa shape index (κ2) is 7.31. The predicted molar refractivity (Wildman–Crippen MR) is 72.0 cm³/mol. The Morgan fingerprint density at radius 1 is 1.53 bits per heavy atom. The van der Waals surface area contributed by atoms with Gasteiger partial charge in [-0.15, -0.1) is 0 Å². The van der Waals surface area contributed by atoms with Crippen molar-refractivity contribution in [3.8, 4) is 0 Å². The summed E-state index contributed by atoms with van der Waals surface area (Å²) in [6.07, 6.45) is 5.11. The van der Waals surface area contributed by atoms with E-state index in [4.69, 9.17) is 4.74 Å². The van der Waals surface area contributed by atoms with E-state index in [0.717, 1.165) is 31.8 Å². The van der Waals surface area contributed by atoms with E-state index in [-0.39, 0.29) is 5.97 Å². The molecule has 2 N–H and O–H groups in total. The molecule has 1 aromatic rings. The van der Waals surface area contributed by atoms with Crippen molar-refractivity contribution in [1.82, 2.24) is 10.3 Å². The molecule has 5 nitrogen and oxygen atoms in total. The van der Waals surface area contributed by atoms with Crippen LogP contribution in [0.15, 0.2) is 12.1 Å². The first-order valence-corrected chi connectivity index (χ1v) is 6.88. The molecule has 0 aromatic carbocycles. The lowest BCUT2D eigenvalue weighted by molar-refractivity contribution is 0.0115. The summed E-state index contributed by atoms with van der Waals surface area (Å²) in [4.78, 5) is 14.3. The molecule has 1 aliphatic rings. The molecule has 0 saturated carbocycles. The fourth-order valence-electron chi connectivity index (χ4n) is 2.29. The van der Waals surface area contributed by atoms with Crippen LogP contribution in [0.4, 0.5) is 0 Å². The number of nitrogens with one attached hydrogen (secondary N) is 2. The van der Waals surface area contributed by atoms with Crippen molar-refractivity contribution in [3.63, 3.8) is 0 Å². The van der Waals surface area contributed by atoms with Gasteiger partial charge in [-0.3, -0.25) is 0 Å². The molecule has 0 amide bonds. The molecule has 1 aromatic heterocycles. The van der Waals surface area contributed by atoms with Crippen LogP contribution in [0, 0.1) is 0 Å². The van der Waals surface area contributed by atoms with Gasteiger partial charge < -0.3 is 19.8 Å². The monoisotopic (exact) mass is 266 g/mol. The lowest BCUT2D eigenvalue weighted by Gasteiger charge is -2.22. The predicted octanol–water partition coefficient (Wildman–Crippen LogP) is 1.85. The third-order valence-electron chi connectivity index (χ3n) is 3.38. The van der Waals surface area contributed by atoms with E-state index in [1.807, 2.05) is 6.07 Å². The van der Waals surface area contributed by atoms with Crippen molar-refractivity contribution in [1.29, 1.82) is 0 Å². The zero-order valence-electron chi connectivity index (χ0n) is 11.4. The molecular formula is C14H22N2O3. The van der Waals surface area contributed by atoms with Crippen LogP contribution in [-0.2, 0) is 16.0 Å². The van der Waals surface area contributed by atoms with Crippen LogP contribution in [0.25, 0.3) is 0 Å². The quantitative estimate of drug-likeness (QED) is 0.609. The average molecular weight is 266 g/mol. The fourth-order valence-corrected chi connectivity index (χ4v) is 2.29. The molecule has 106 valence electrons. The van der Waals surface area contributed by atoms with Crippen LogP contribution in [0.2, 0.25) is 0 Å². The molecule has 1 aliphatic heterocycles. The van der Waals surface area contributed by atoms with Gasteiger partial charge in [0.15, 0.2) is 0 Å². The number of aromatic amines is 1. The normalized spacial score (nSPS) is 19.3. The lowest BCUT2D eigenvalue weighted by atomic mass is 10.1. The second-order valence-electron chi connectivity index (χ2n) is 4.84. The minimum Gasteiger partial charge on any atom is -0.464 e. The zero-order chi connectivity index (χ0) is 13.5. The summed E-state index contributed by atoms with van der Waals surface area (Å²) >= 11 is 0. The summed E-state index contributed by atoms with van der Waals surface area (Å²) in [6, 6.07) is 3.64. The van der Waals surface area contributed by atoms with Gasteiger partial charge in [0.05, 0.1) is 13.2 Å². The van der Waals surface area contributed by atoms with E-state index in [2.05, 4.69) is 15.0 Å². The summed E-state index contributed by atoms with van der Waals surface area (Å²) in [5.41, 5.74) is 1.49. The van der Waals surface area contributed by atoms with Gasteiger partial charge in [0, 0.05) is 18.8 Å². The molecule has 0 spiro atoms. The van der Waals surface area contributed by atoms with Crippen LogP contribution in [-0.4, -0.2) is 37.3 Å². The van der Waals surface area contributed by atoms with Gasteiger partial charge in [0.1, 0.15) is 5.69 Å². The van der Waals surface area contributed by atoms with Crippen molar-refractivity contribution in [2.75, 3.05) is 20.3 Å². The highest BCUT2D eigenvalue weighted by Crippen LogP contribution is 2.14. The zero-order valence-corrected chi connectivity index (χ0v) is 11.4. The first kappa shape index (κ1) is 14.1. The number of H-pyrrole nitrogens is 1. The molecule has 1 unspecified atom stereocenters.